The smallest absolute Gasteiger partial charge is 0.256 e. The van der Waals surface area contributed by atoms with Crippen LogP contribution in [0.4, 0.5) is 0 Å². The summed E-state index contributed by atoms with van der Waals surface area (Å²) in [7, 11) is 0. The predicted octanol–water partition coefficient (Wildman–Crippen LogP) is 3.10. The van der Waals surface area contributed by atoms with Crippen molar-refractivity contribution in [1.29, 1.82) is 0 Å². The molecular weight excluding hydrogens is 366 g/mol. The third-order valence-corrected chi connectivity index (χ3v) is 7.26. The number of aromatic amines is 1. The Labute approximate surface area is 171 Å². The molecule has 0 radical (unpaired) electrons. The molecule has 6 nitrogen and oxygen atoms in total. The number of ether oxygens (including phenoxy) is 1. The highest BCUT2D eigenvalue weighted by atomic mass is 16.5. The number of nitrogens with one attached hydrogen (secondary N) is 2. The fraction of sp³-hybridized carbons (Fsp3) is 0.565. The van der Waals surface area contributed by atoms with Crippen LogP contribution >= 0.6 is 0 Å². The lowest BCUT2D eigenvalue weighted by Crippen LogP contribution is -2.46. The monoisotopic (exact) mass is 395 g/mol. The van der Waals surface area contributed by atoms with Gasteiger partial charge < -0.3 is 19.9 Å². The summed E-state index contributed by atoms with van der Waals surface area (Å²) in [6.45, 7) is 2.47. The van der Waals surface area contributed by atoms with Gasteiger partial charge in [-0.25, -0.2) is 0 Å². The minimum Gasteiger partial charge on any atom is -0.381 e. The molecule has 6 heteroatoms. The molecule has 2 aromatic rings. The number of nitrogens with zero attached hydrogens (tertiary/aromatic N) is 1. The summed E-state index contributed by atoms with van der Waals surface area (Å²) in [4.78, 5) is 31.8. The SMILES string of the molecule is O=C(NC1CCCC1)C1CN(C(=O)c2c[nH]c3ccccc23)CC12CCOCC2. The predicted molar refractivity (Wildman–Crippen MR) is 111 cm³/mol. The highest BCUT2D eigenvalue weighted by Crippen LogP contribution is 2.45. The van der Waals surface area contributed by atoms with Crippen molar-refractivity contribution < 1.29 is 14.3 Å². The van der Waals surface area contributed by atoms with E-state index in [9.17, 15) is 9.59 Å². The molecule has 0 bridgehead atoms. The van der Waals surface area contributed by atoms with E-state index in [4.69, 9.17) is 4.74 Å². The van der Waals surface area contributed by atoms with Crippen molar-refractivity contribution >= 4 is 22.7 Å². The molecule has 154 valence electrons. The van der Waals surface area contributed by atoms with Gasteiger partial charge in [0.15, 0.2) is 0 Å². The van der Waals surface area contributed by atoms with Crippen molar-refractivity contribution in [2.75, 3.05) is 26.3 Å². The molecule has 29 heavy (non-hydrogen) atoms. The normalized spacial score (nSPS) is 24.4. The van der Waals surface area contributed by atoms with Crippen LogP contribution in [0, 0.1) is 11.3 Å². The number of fused-ring (bicyclic) bond motifs is 1. The first-order valence-corrected chi connectivity index (χ1v) is 10.9. The Morgan fingerprint density at radius 2 is 1.90 bits per heavy atom. The first-order chi connectivity index (χ1) is 14.2. The van der Waals surface area contributed by atoms with E-state index in [1.807, 2.05) is 29.2 Å². The van der Waals surface area contributed by atoms with Crippen LogP contribution in [-0.2, 0) is 9.53 Å². The number of benzene rings is 1. The Hall–Kier alpha value is -2.34. The number of likely N-dealkylation sites (tertiary alicyclic amines) is 1. The Bertz CT molecular complexity index is 909. The third-order valence-electron chi connectivity index (χ3n) is 7.26. The van der Waals surface area contributed by atoms with E-state index in [1.54, 1.807) is 6.20 Å². The molecular formula is C23H29N3O3. The van der Waals surface area contributed by atoms with Crippen LogP contribution in [0.5, 0.6) is 0 Å². The van der Waals surface area contributed by atoms with E-state index in [0.717, 1.165) is 36.6 Å². The quantitative estimate of drug-likeness (QED) is 0.839. The summed E-state index contributed by atoms with van der Waals surface area (Å²) < 4.78 is 5.60. The third kappa shape index (κ3) is 3.33. The topological polar surface area (TPSA) is 74.4 Å². The maximum atomic E-state index is 13.4. The second-order valence-electron chi connectivity index (χ2n) is 8.95. The molecule has 1 saturated carbocycles. The summed E-state index contributed by atoms with van der Waals surface area (Å²) in [5.41, 5.74) is 1.49. The number of rotatable bonds is 3. The van der Waals surface area contributed by atoms with Gasteiger partial charge in [-0.3, -0.25) is 9.59 Å². The number of carbonyl (C=O) groups excluding carboxylic acids is 2. The van der Waals surface area contributed by atoms with Gasteiger partial charge in [0.25, 0.3) is 5.91 Å². The van der Waals surface area contributed by atoms with Gasteiger partial charge in [-0.05, 0) is 31.7 Å². The zero-order chi connectivity index (χ0) is 19.8. The number of hydrogen-bond acceptors (Lipinski definition) is 3. The average molecular weight is 396 g/mol. The number of hydrogen-bond donors (Lipinski definition) is 2. The molecule has 3 fully saturated rings. The number of amides is 2. The minimum absolute atomic E-state index is 0.0180. The number of carbonyl (C=O) groups is 2. The molecule has 1 aromatic carbocycles. The lowest BCUT2D eigenvalue weighted by Gasteiger charge is -2.37. The Morgan fingerprint density at radius 3 is 2.69 bits per heavy atom. The van der Waals surface area contributed by atoms with Gasteiger partial charge >= 0.3 is 0 Å². The van der Waals surface area contributed by atoms with E-state index < -0.39 is 0 Å². The van der Waals surface area contributed by atoms with E-state index in [1.165, 1.54) is 12.8 Å². The zero-order valence-electron chi connectivity index (χ0n) is 16.8. The summed E-state index contributed by atoms with van der Waals surface area (Å²) in [6.07, 6.45) is 8.02. The molecule has 1 spiro atoms. The summed E-state index contributed by atoms with van der Waals surface area (Å²) in [5, 5.41) is 4.23. The molecule has 1 atom stereocenters. The second-order valence-corrected chi connectivity index (χ2v) is 8.95. The largest absolute Gasteiger partial charge is 0.381 e. The van der Waals surface area contributed by atoms with Gasteiger partial charge in [0.2, 0.25) is 5.91 Å². The fourth-order valence-electron chi connectivity index (χ4n) is 5.56. The van der Waals surface area contributed by atoms with Crippen LogP contribution in [0.25, 0.3) is 10.9 Å². The molecule has 2 aliphatic heterocycles. The molecule has 5 rings (SSSR count). The molecule has 2 saturated heterocycles. The number of aromatic nitrogens is 1. The second kappa shape index (κ2) is 7.48. The Balaban J connectivity index is 1.40. The van der Waals surface area contributed by atoms with Crippen LogP contribution in [0.1, 0.15) is 48.9 Å². The van der Waals surface area contributed by atoms with Crippen LogP contribution in [0.2, 0.25) is 0 Å². The highest BCUT2D eigenvalue weighted by Gasteiger charge is 2.52. The van der Waals surface area contributed by atoms with Gasteiger partial charge in [-0.15, -0.1) is 0 Å². The van der Waals surface area contributed by atoms with Crippen molar-refractivity contribution in [3.63, 3.8) is 0 Å². The lowest BCUT2D eigenvalue weighted by molar-refractivity contribution is -0.130. The maximum absolute atomic E-state index is 13.4. The lowest BCUT2D eigenvalue weighted by atomic mass is 9.71. The first-order valence-electron chi connectivity index (χ1n) is 10.9. The van der Waals surface area contributed by atoms with Crippen molar-refractivity contribution in [1.82, 2.24) is 15.2 Å². The molecule has 3 heterocycles. The average Bonchev–Trinajstić information content (AvgIpc) is 3.47. The number of para-hydroxylation sites is 1. The first kappa shape index (κ1) is 18.7. The van der Waals surface area contributed by atoms with Gasteiger partial charge in [0.1, 0.15) is 0 Å². The number of H-pyrrole nitrogens is 1. The molecule has 1 unspecified atom stereocenters. The van der Waals surface area contributed by atoms with Gasteiger partial charge in [0, 0.05) is 54.9 Å². The van der Waals surface area contributed by atoms with E-state index >= 15 is 0 Å². The summed E-state index contributed by atoms with van der Waals surface area (Å²) in [6, 6.07) is 8.17. The van der Waals surface area contributed by atoms with Gasteiger partial charge in [-0.2, -0.15) is 0 Å². The van der Waals surface area contributed by atoms with Crippen molar-refractivity contribution in [3.8, 4) is 0 Å². The van der Waals surface area contributed by atoms with Crippen LogP contribution in [0.3, 0.4) is 0 Å². The van der Waals surface area contributed by atoms with Crippen LogP contribution < -0.4 is 5.32 Å². The van der Waals surface area contributed by atoms with Gasteiger partial charge in [0.05, 0.1) is 11.5 Å². The minimum atomic E-state index is -0.164. The highest BCUT2D eigenvalue weighted by molar-refractivity contribution is 6.07. The van der Waals surface area contributed by atoms with Crippen LogP contribution in [0.15, 0.2) is 30.5 Å². The molecule has 3 aliphatic rings. The molecule has 1 aliphatic carbocycles. The Morgan fingerprint density at radius 1 is 1.14 bits per heavy atom. The molecule has 2 amide bonds. The van der Waals surface area contributed by atoms with Crippen molar-refractivity contribution in [3.05, 3.63) is 36.0 Å². The van der Waals surface area contributed by atoms with Crippen molar-refractivity contribution in [2.24, 2.45) is 11.3 Å². The summed E-state index contributed by atoms with van der Waals surface area (Å²) >= 11 is 0. The summed E-state index contributed by atoms with van der Waals surface area (Å²) in [5.74, 6) is -0.00124. The van der Waals surface area contributed by atoms with Crippen molar-refractivity contribution in [2.45, 2.75) is 44.6 Å². The molecule has 2 N–H and O–H groups in total. The van der Waals surface area contributed by atoms with E-state index in [0.29, 0.717) is 37.9 Å². The van der Waals surface area contributed by atoms with Crippen LogP contribution in [-0.4, -0.2) is 54.0 Å². The Kier molecular flexibility index (Phi) is 4.82. The standard InChI is InChI=1S/C23H29N3O3/c27-21(25-16-5-1-2-6-16)19-14-26(15-23(19)9-11-29-12-10-23)22(28)18-13-24-20-8-4-3-7-17(18)20/h3-4,7-8,13,16,19,24H,1-2,5-6,9-12,14-15H2,(H,25,27). The van der Waals surface area contributed by atoms with E-state index in [-0.39, 0.29) is 23.1 Å². The molecule has 1 aromatic heterocycles. The maximum Gasteiger partial charge on any atom is 0.256 e. The fourth-order valence-corrected chi connectivity index (χ4v) is 5.56. The zero-order valence-corrected chi connectivity index (χ0v) is 16.8. The van der Waals surface area contributed by atoms with E-state index in [2.05, 4.69) is 10.3 Å². The van der Waals surface area contributed by atoms with Gasteiger partial charge in [-0.1, -0.05) is 31.0 Å².